The monoisotopic (exact) mass is 315 g/mol. The summed E-state index contributed by atoms with van der Waals surface area (Å²) in [4.78, 5) is 6.04. The summed E-state index contributed by atoms with van der Waals surface area (Å²) >= 11 is 0. The van der Waals surface area contributed by atoms with Crippen LogP contribution in [0.15, 0.2) is 48.5 Å². The Balaban J connectivity index is 1.81. The number of nitrogens with one attached hydrogen (secondary N) is 1. The second kappa shape index (κ2) is 7.55. The van der Waals surface area contributed by atoms with E-state index in [-0.39, 0.29) is 5.82 Å². The molecule has 1 N–H and O–H groups in total. The molecule has 2 aromatic rings. The molecule has 23 heavy (non-hydrogen) atoms. The van der Waals surface area contributed by atoms with Crippen LogP contribution in [0.5, 0.6) is 0 Å². The minimum atomic E-state index is -0.214. The van der Waals surface area contributed by atoms with Crippen molar-refractivity contribution in [3.8, 4) is 0 Å². The minimum Gasteiger partial charge on any atom is -0.320 e. The first-order chi connectivity index (χ1) is 11.3. The summed E-state index contributed by atoms with van der Waals surface area (Å²) in [5.41, 5.74) is 2.76. The first kappa shape index (κ1) is 15.9. The molecule has 0 saturated carbocycles. The summed E-state index contributed by atoms with van der Waals surface area (Å²) in [5.74, 6) is -0.214. The summed E-state index contributed by atoms with van der Waals surface area (Å²) in [6.07, 6.45) is 2.10. The molecule has 0 aromatic heterocycles. The zero-order valence-electron chi connectivity index (χ0n) is 13.3. The van der Waals surface area contributed by atoms with Crippen molar-refractivity contribution in [2.45, 2.75) is 19.4 Å². The topological polar surface area (TPSA) is 27.7 Å². The van der Waals surface area contributed by atoms with Crippen LogP contribution in [0.2, 0.25) is 0 Å². The Morgan fingerprint density at radius 2 is 1.96 bits per heavy atom. The molecule has 0 bridgehead atoms. The normalized spacial score (nSPS) is 14.8. The van der Waals surface area contributed by atoms with Gasteiger partial charge in [0.05, 0.1) is 17.9 Å². The van der Waals surface area contributed by atoms with Gasteiger partial charge in [0.25, 0.3) is 0 Å². The van der Waals surface area contributed by atoms with Crippen LogP contribution >= 0.6 is 0 Å². The quantitative estimate of drug-likeness (QED) is 0.824. The van der Waals surface area contributed by atoms with Gasteiger partial charge in [0.15, 0.2) is 0 Å². The summed E-state index contributed by atoms with van der Waals surface area (Å²) in [5, 5.41) is 6.81. The predicted molar refractivity (Wildman–Crippen MR) is 89.6 cm³/mol. The van der Waals surface area contributed by atoms with E-state index in [9.17, 15) is 4.39 Å². The second-order valence-corrected chi connectivity index (χ2v) is 5.66. The number of hydrogen-bond donors (Lipinski definition) is 1. The van der Waals surface area contributed by atoms with E-state index in [4.69, 9.17) is 4.94 Å². The molecular formula is C18H22FN3O. The first-order valence-electron chi connectivity index (χ1n) is 7.99. The summed E-state index contributed by atoms with van der Waals surface area (Å²) in [7, 11) is 1.95. The Bertz CT molecular complexity index is 635. The van der Waals surface area contributed by atoms with Crippen molar-refractivity contribution in [3.05, 3.63) is 59.9 Å². The Labute approximate surface area is 136 Å². The zero-order chi connectivity index (χ0) is 16.1. The van der Waals surface area contributed by atoms with Gasteiger partial charge < -0.3 is 5.32 Å². The first-order valence-corrected chi connectivity index (χ1v) is 7.99. The van der Waals surface area contributed by atoms with Crippen LogP contribution in [0, 0.1) is 5.82 Å². The fraction of sp³-hybridized carbons (Fsp3) is 0.333. The van der Waals surface area contributed by atoms with Crippen molar-refractivity contribution in [1.29, 1.82) is 0 Å². The molecule has 0 aliphatic carbocycles. The Hall–Kier alpha value is -1.95. The lowest BCUT2D eigenvalue weighted by atomic mass is 10.1. The maximum absolute atomic E-state index is 13.6. The van der Waals surface area contributed by atoms with Gasteiger partial charge in [-0.3, -0.25) is 0 Å². The molecule has 1 heterocycles. The van der Waals surface area contributed by atoms with Gasteiger partial charge in [0, 0.05) is 6.54 Å². The van der Waals surface area contributed by atoms with Gasteiger partial charge in [0.2, 0.25) is 0 Å². The molecule has 0 saturated heterocycles. The highest BCUT2D eigenvalue weighted by Crippen LogP contribution is 2.34. The lowest BCUT2D eigenvalue weighted by Crippen LogP contribution is -2.38. The largest absolute Gasteiger partial charge is 0.320 e. The van der Waals surface area contributed by atoms with E-state index in [1.807, 2.05) is 42.4 Å². The SMILES string of the molecule is CNCCCCN1Cc2cc(F)ccc2N(c2ccccc2)O1. The summed E-state index contributed by atoms with van der Waals surface area (Å²) in [6.45, 7) is 2.39. The van der Waals surface area contributed by atoms with Crippen LogP contribution < -0.4 is 10.4 Å². The van der Waals surface area contributed by atoms with Crippen molar-refractivity contribution in [1.82, 2.24) is 10.4 Å². The van der Waals surface area contributed by atoms with E-state index in [1.165, 1.54) is 6.07 Å². The number of halogens is 1. The zero-order valence-corrected chi connectivity index (χ0v) is 13.3. The maximum Gasteiger partial charge on any atom is 0.123 e. The van der Waals surface area contributed by atoms with Crippen molar-refractivity contribution < 1.29 is 9.33 Å². The number of nitrogens with zero attached hydrogens (tertiary/aromatic N) is 2. The average Bonchev–Trinajstić information content (AvgIpc) is 2.58. The molecule has 1 aliphatic heterocycles. The van der Waals surface area contributed by atoms with Gasteiger partial charge in [-0.2, -0.15) is 10.0 Å². The van der Waals surface area contributed by atoms with E-state index in [0.717, 1.165) is 42.9 Å². The highest BCUT2D eigenvalue weighted by Gasteiger charge is 2.25. The van der Waals surface area contributed by atoms with Crippen LogP contribution in [-0.4, -0.2) is 25.2 Å². The van der Waals surface area contributed by atoms with E-state index in [2.05, 4.69) is 5.32 Å². The molecule has 4 nitrogen and oxygen atoms in total. The molecule has 0 unspecified atom stereocenters. The summed E-state index contributed by atoms with van der Waals surface area (Å²) < 4.78 is 13.6. The fourth-order valence-electron chi connectivity index (χ4n) is 2.72. The number of benzene rings is 2. The number of rotatable bonds is 6. The summed E-state index contributed by atoms with van der Waals surface area (Å²) in [6, 6.07) is 14.7. The molecule has 3 rings (SSSR count). The van der Waals surface area contributed by atoms with Crippen molar-refractivity contribution >= 4 is 11.4 Å². The average molecular weight is 315 g/mol. The molecule has 0 fully saturated rings. The van der Waals surface area contributed by atoms with Crippen LogP contribution in [0.1, 0.15) is 18.4 Å². The van der Waals surface area contributed by atoms with Crippen LogP contribution in [0.4, 0.5) is 15.8 Å². The van der Waals surface area contributed by atoms with E-state index in [1.54, 1.807) is 17.2 Å². The third-order valence-electron chi connectivity index (χ3n) is 3.88. The van der Waals surface area contributed by atoms with E-state index in [0.29, 0.717) is 6.54 Å². The maximum atomic E-state index is 13.6. The fourth-order valence-corrected chi connectivity index (χ4v) is 2.72. The number of unbranched alkanes of at least 4 members (excludes halogenated alkanes) is 1. The van der Waals surface area contributed by atoms with Crippen molar-refractivity contribution in [3.63, 3.8) is 0 Å². The van der Waals surface area contributed by atoms with Crippen LogP contribution in [0.3, 0.4) is 0 Å². The van der Waals surface area contributed by atoms with Crippen molar-refractivity contribution in [2.24, 2.45) is 0 Å². The third-order valence-corrected chi connectivity index (χ3v) is 3.88. The number of para-hydroxylation sites is 1. The van der Waals surface area contributed by atoms with Gasteiger partial charge in [-0.05, 0) is 62.3 Å². The number of hydrogen-bond acceptors (Lipinski definition) is 4. The molecule has 0 radical (unpaired) electrons. The number of anilines is 2. The van der Waals surface area contributed by atoms with Gasteiger partial charge in [-0.25, -0.2) is 9.45 Å². The molecule has 0 atom stereocenters. The Kier molecular flexibility index (Phi) is 5.23. The second-order valence-electron chi connectivity index (χ2n) is 5.66. The molecule has 122 valence electrons. The standard InChI is InChI=1S/C18H22FN3O/c1-20-11-5-6-12-21-14-15-13-16(19)9-10-18(15)22(23-21)17-7-3-2-4-8-17/h2-4,7-10,13,20H,5-6,11-12,14H2,1H3. The molecule has 5 heteroatoms. The third kappa shape index (κ3) is 3.88. The molecule has 0 spiro atoms. The minimum absolute atomic E-state index is 0.214. The van der Waals surface area contributed by atoms with Crippen LogP contribution in [0.25, 0.3) is 0 Å². The van der Waals surface area contributed by atoms with Crippen LogP contribution in [-0.2, 0) is 11.5 Å². The Morgan fingerprint density at radius 1 is 1.13 bits per heavy atom. The van der Waals surface area contributed by atoms with Gasteiger partial charge in [-0.15, -0.1) is 0 Å². The smallest absolute Gasteiger partial charge is 0.123 e. The molecular weight excluding hydrogens is 293 g/mol. The van der Waals surface area contributed by atoms with E-state index < -0.39 is 0 Å². The molecule has 1 aliphatic rings. The highest BCUT2D eigenvalue weighted by atomic mass is 19.1. The number of hydroxylamine groups is 2. The van der Waals surface area contributed by atoms with E-state index >= 15 is 0 Å². The molecule has 0 amide bonds. The van der Waals surface area contributed by atoms with Gasteiger partial charge >= 0.3 is 0 Å². The van der Waals surface area contributed by atoms with Gasteiger partial charge in [0.1, 0.15) is 5.82 Å². The Morgan fingerprint density at radius 3 is 2.74 bits per heavy atom. The molecule has 2 aromatic carbocycles. The van der Waals surface area contributed by atoms with Gasteiger partial charge in [-0.1, -0.05) is 18.2 Å². The lowest BCUT2D eigenvalue weighted by Gasteiger charge is -2.36. The van der Waals surface area contributed by atoms with Crippen molar-refractivity contribution in [2.75, 3.05) is 25.2 Å². The highest BCUT2D eigenvalue weighted by molar-refractivity contribution is 5.64. The number of fused-ring (bicyclic) bond motifs is 1. The lowest BCUT2D eigenvalue weighted by molar-refractivity contribution is -0.176. The predicted octanol–water partition coefficient (Wildman–Crippen LogP) is 3.63.